The molecule has 2 aliphatic heterocycles. The fourth-order valence-electron chi connectivity index (χ4n) is 8.06. The second-order valence-electron chi connectivity index (χ2n) is 13.3. The van der Waals surface area contributed by atoms with E-state index in [1.807, 2.05) is 0 Å². The molecule has 3 aromatic heterocycles. The first-order chi connectivity index (χ1) is 25.8. The van der Waals surface area contributed by atoms with Crippen molar-refractivity contribution < 1.29 is 21.1 Å². The predicted octanol–water partition coefficient (Wildman–Crippen LogP) is 11.9. The van der Waals surface area contributed by atoms with Crippen LogP contribution in [0.3, 0.4) is 0 Å². The Morgan fingerprint density at radius 2 is 0.679 bits per heavy atom. The number of hydrogen-bond acceptors (Lipinski definition) is 2. The molecule has 0 atom stereocenters. The Morgan fingerprint density at radius 1 is 0.340 bits per heavy atom. The van der Waals surface area contributed by atoms with E-state index in [0.29, 0.717) is 0 Å². The van der Waals surface area contributed by atoms with E-state index >= 15 is 0 Å². The van der Waals surface area contributed by atoms with E-state index in [4.69, 9.17) is 19.9 Å². The molecule has 250 valence electrons. The summed E-state index contributed by atoms with van der Waals surface area (Å²) in [4.78, 5) is 22.0. The van der Waals surface area contributed by atoms with Crippen LogP contribution in [0, 0.1) is 0 Å². The Balaban J connectivity index is 0.00000349. The van der Waals surface area contributed by atoms with Gasteiger partial charge in [-0.3, -0.25) is 0 Å². The van der Waals surface area contributed by atoms with Gasteiger partial charge in [0.1, 0.15) is 0 Å². The minimum absolute atomic E-state index is 0. The zero-order chi connectivity index (χ0) is 34.2. The van der Waals surface area contributed by atoms with E-state index in [9.17, 15) is 0 Å². The molecule has 0 N–H and O–H groups in total. The summed E-state index contributed by atoms with van der Waals surface area (Å²) < 4.78 is 0. The van der Waals surface area contributed by atoms with Crippen LogP contribution in [-0.4, -0.2) is 9.97 Å². The van der Waals surface area contributed by atoms with Gasteiger partial charge in [-0.25, -0.2) is 9.97 Å². The molecular formula is C48H28N4Pt. The van der Waals surface area contributed by atoms with Gasteiger partial charge in [-0.05, 0) is 55.9 Å². The van der Waals surface area contributed by atoms with Crippen LogP contribution < -0.4 is 9.97 Å². The van der Waals surface area contributed by atoms with Crippen molar-refractivity contribution in [3.05, 3.63) is 170 Å². The van der Waals surface area contributed by atoms with Crippen molar-refractivity contribution >= 4 is 43.6 Å². The van der Waals surface area contributed by atoms with Crippen molar-refractivity contribution in [1.29, 1.82) is 0 Å². The number of rotatable bonds is 2. The summed E-state index contributed by atoms with van der Waals surface area (Å²) in [6.07, 6.45) is 0. The van der Waals surface area contributed by atoms with Gasteiger partial charge in [0.2, 0.25) is 0 Å². The quantitative estimate of drug-likeness (QED) is 0.174. The first-order valence-electron chi connectivity index (χ1n) is 17.6. The molecule has 2 aliphatic rings. The van der Waals surface area contributed by atoms with E-state index in [1.54, 1.807) is 0 Å². The molecule has 0 saturated heterocycles. The summed E-state index contributed by atoms with van der Waals surface area (Å²) in [7, 11) is 0. The number of hydrogen-bond donors (Lipinski definition) is 0. The van der Waals surface area contributed by atoms with Crippen LogP contribution >= 0.6 is 0 Å². The van der Waals surface area contributed by atoms with Crippen LogP contribution in [0.1, 0.15) is 0 Å². The molecule has 4 nitrogen and oxygen atoms in total. The number of benzene rings is 6. The van der Waals surface area contributed by atoms with Crippen LogP contribution in [0.5, 0.6) is 0 Å². The van der Waals surface area contributed by atoms with Crippen LogP contribution in [-0.2, 0) is 21.1 Å². The molecule has 0 aliphatic carbocycles. The minimum atomic E-state index is 0. The molecule has 11 rings (SSSR count). The smallest absolute Gasteiger partial charge is 0.656 e. The standard InChI is InChI=1S/C48H28N4.Pt/c1-3-15-29(16-4-1)43-45-35-23-11-7-19-31(35)39(49-45)27-41-33-21-9-13-25-37(33)47(51-41)44(30-17-5-2-6-18-30)48-38-26-14-10-22-34(38)42(52-48)28-40-32-20-8-12-24-36(32)46(43)50-40;/h1-28H;/q-2;+2. The first-order valence-corrected chi connectivity index (χ1v) is 17.6. The number of aromatic nitrogens is 4. The van der Waals surface area contributed by atoms with Gasteiger partial charge in [-0.15, -0.1) is 22.1 Å². The molecule has 0 spiro atoms. The van der Waals surface area contributed by atoms with Crippen molar-refractivity contribution in [2.24, 2.45) is 0 Å². The summed E-state index contributed by atoms with van der Waals surface area (Å²) in [6, 6.07) is 59.5. The topological polar surface area (TPSA) is 54.0 Å². The molecule has 8 bridgehead atoms. The van der Waals surface area contributed by atoms with E-state index in [-0.39, 0.29) is 21.1 Å². The first kappa shape index (κ1) is 31.4. The monoisotopic (exact) mass is 855 g/mol. The zero-order valence-electron chi connectivity index (χ0n) is 28.3. The van der Waals surface area contributed by atoms with E-state index in [2.05, 4.69) is 170 Å². The summed E-state index contributed by atoms with van der Waals surface area (Å²) in [5, 5.41) is 4.31. The molecule has 9 aromatic rings. The Bertz CT molecular complexity index is 2860. The average Bonchev–Trinajstić information content (AvgIpc) is 3.96. The zero-order valence-corrected chi connectivity index (χ0v) is 30.5. The van der Waals surface area contributed by atoms with Gasteiger partial charge in [0.05, 0.1) is 22.8 Å². The Hall–Kier alpha value is -6.35. The Labute approximate surface area is 320 Å². The van der Waals surface area contributed by atoms with Crippen LogP contribution in [0.4, 0.5) is 0 Å². The van der Waals surface area contributed by atoms with Crippen molar-refractivity contribution in [3.63, 3.8) is 0 Å². The van der Waals surface area contributed by atoms with Gasteiger partial charge >= 0.3 is 21.1 Å². The van der Waals surface area contributed by atoms with Crippen molar-refractivity contribution in [2.75, 3.05) is 0 Å². The maximum atomic E-state index is 5.49. The fraction of sp³-hybridized carbons (Fsp3) is 0. The third-order valence-corrected chi connectivity index (χ3v) is 10.4. The van der Waals surface area contributed by atoms with Crippen LogP contribution in [0.2, 0.25) is 0 Å². The van der Waals surface area contributed by atoms with Crippen molar-refractivity contribution in [1.82, 2.24) is 19.9 Å². The normalized spacial score (nSPS) is 11.6. The summed E-state index contributed by atoms with van der Waals surface area (Å²) in [6.45, 7) is 0. The SMILES string of the molecule is [Pt+2].c1ccc(-c2c3nc(cc4[n-]c(c(-c5ccccc5)c5nc(cc6[n-]c2c2ccccc62)-c2ccccc2-5)c2ccccc42)-c2ccccc2-3)cc1. The Morgan fingerprint density at radius 3 is 1.09 bits per heavy atom. The maximum Gasteiger partial charge on any atom is 2.00 e. The predicted molar refractivity (Wildman–Crippen MR) is 214 cm³/mol. The van der Waals surface area contributed by atoms with Gasteiger partial charge < -0.3 is 9.97 Å². The molecule has 5 heteroatoms. The maximum absolute atomic E-state index is 5.49. The van der Waals surface area contributed by atoms with E-state index in [1.165, 1.54) is 0 Å². The molecule has 6 aromatic carbocycles. The second kappa shape index (κ2) is 12.4. The van der Waals surface area contributed by atoms with Crippen LogP contribution in [0.15, 0.2) is 170 Å². The molecule has 53 heavy (non-hydrogen) atoms. The van der Waals surface area contributed by atoms with Gasteiger partial charge in [0, 0.05) is 22.3 Å². The third kappa shape index (κ3) is 4.87. The van der Waals surface area contributed by atoms with E-state index in [0.717, 1.165) is 111 Å². The van der Waals surface area contributed by atoms with Crippen molar-refractivity contribution in [3.8, 4) is 67.3 Å². The van der Waals surface area contributed by atoms with Gasteiger partial charge in [-0.1, -0.05) is 158 Å². The molecule has 0 saturated carbocycles. The van der Waals surface area contributed by atoms with Gasteiger partial charge in [0.15, 0.2) is 0 Å². The molecule has 0 fully saturated rings. The summed E-state index contributed by atoms with van der Waals surface area (Å²) in [5.74, 6) is 0. The molecular weight excluding hydrogens is 828 g/mol. The molecule has 0 amide bonds. The fourth-order valence-corrected chi connectivity index (χ4v) is 8.06. The van der Waals surface area contributed by atoms with Gasteiger partial charge in [0.25, 0.3) is 0 Å². The largest absolute Gasteiger partial charge is 2.00 e. The van der Waals surface area contributed by atoms with E-state index < -0.39 is 0 Å². The molecule has 5 heterocycles. The summed E-state index contributed by atoms with van der Waals surface area (Å²) >= 11 is 0. The van der Waals surface area contributed by atoms with Crippen molar-refractivity contribution in [2.45, 2.75) is 0 Å². The molecule has 0 unspecified atom stereocenters. The second-order valence-corrected chi connectivity index (χ2v) is 13.3. The Kier molecular flexibility index (Phi) is 7.35. The summed E-state index contributed by atoms with van der Waals surface area (Å²) in [5.41, 5.74) is 15.6. The number of nitrogens with zero attached hydrogens (tertiary/aromatic N) is 4. The third-order valence-electron chi connectivity index (χ3n) is 10.4. The van der Waals surface area contributed by atoms with Gasteiger partial charge in [-0.2, -0.15) is 0 Å². The van der Waals surface area contributed by atoms with Crippen LogP contribution in [0.25, 0.3) is 111 Å². The number of fused-ring (bicyclic) bond motifs is 20. The molecule has 0 radical (unpaired) electrons. The minimum Gasteiger partial charge on any atom is -0.656 e. The average molecular weight is 856 g/mol.